The summed E-state index contributed by atoms with van der Waals surface area (Å²) in [5.41, 5.74) is 14.1. The summed E-state index contributed by atoms with van der Waals surface area (Å²) in [5.74, 6) is -13.3. The van der Waals surface area contributed by atoms with Crippen LogP contribution in [0.2, 0.25) is 0 Å². The summed E-state index contributed by atoms with van der Waals surface area (Å²) < 4.78 is 94.5. The van der Waals surface area contributed by atoms with E-state index in [4.69, 9.17) is 35.8 Å². The number of allylic oxidation sites excluding steroid dienone is 6. The highest BCUT2D eigenvalue weighted by Crippen LogP contribution is 2.49. The zero-order valence-electron chi connectivity index (χ0n) is 72.5. The Hall–Kier alpha value is -10.6. The van der Waals surface area contributed by atoms with Crippen molar-refractivity contribution in [2.75, 3.05) is 127 Å². The maximum atomic E-state index is 14.9. The lowest BCUT2D eigenvalue weighted by Gasteiger charge is -2.27. The molecule has 3 aromatic rings. The average Bonchev–Trinajstić information content (AvgIpc) is 1.59. The molecule has 3 aromatic carbocycles. The number of amides is 12. The molecule has 2 fully saturated rings. The van der Waals surface area contributed by atoms with E-state index >= 15 is 0 Å². The van der Waals surface area contributed by atoms with E-state index < -0.39 is 181 Å². The van der Waals surface area contributed by atoms with E-state index in [-0.39, 0.29) is 145 Å². The van der Waals surface area contributed by atoms with Gasteiger partial charge in [0, 0.05) is 97.3 Å². The van der Waals surface area contributed by atoms with Crippen molar-refractivity contribution in [3.8, 4) is 0 Å². The number of nitrogens with two attached hydrogens (primary N) is 2. The first-order valence-corrected chi connectivity index (χ1v) is 48.4. The highest BCUT2D eigenvalue weighted by atomic mass is 33.1. The van der Waals surface area contributed by atoms with Crippen LogP contribution in [0.1, 0.15) is 116 Å². The summed E-state index contributed by atoms with van der Waals surface area (Å²) in [7, 11) is -7.50. The number of hydrogen-bond donors (Lipinski definition) is 17. The summed E-state index contributed by atoms with van der Waals surface area (Å²) in [4.78, 5) is 180. The predicted molar refractivity (Wildman–Crippen MR) is 480 cm³/mol. The molecule has 4 aliphatic heterocycles. The largest absolute Gasteiger partial charge is 0.744 e. The van der Waals surface area contributed by atoms with Gasteiger partial charge in [-0.15, -0.1) is 11.8 Å². The number of rotatable bonds is 42. The number of carboxylic acid groups (broad SMARTS) is 1. The van der Waals surface area contributed by atoms with Crippen LogP contribution in [0.25, 0.3) is 0 Å². The van der Waals surface area contributed by atoms with Crippen LogP contribution in [-0.2, 0) is 119 Å². The lowest BCUT2D eigenvalue weighted by Crippen LogP contribution is -2.60. The molecule has 4 heterocycles. The van der Waals surface area contributed by atoms with Crippen molar-refractivity contribution >= 4 is 153 Å². The number of fused-ring (bicyclic) bond motifs is 7. The van der Waals surface area contributed by atoms with E-state index in [0.717, 1.165) is 56.1 Å². The van der Waals surface area contributed by atoms with Crippen molar-refractivity contribution in [1.82, 2.24) is 63.8 Å². The Morgan fingerprint density at radius 2 is 1.20 bits per heavy atom. The van der Waals surface area contributed by atoms with E-state index in [0.29, 0.717) is 49.0 Å². The first-order valence-electron chi connectivity index (χ1n) is 41.9. The van der Waals surface area contributed by atoms with Gasteiger partial charge in [-0.05, 0) is 113 Å². The molecule has 0 unspecified atom stereocenters. The number of guanidine groups is 1. The number of nitrogens with one attached hydrogen (secondary N) is 13. The van der Waals surface area contributed by atoms with Crippen molar-refractivity contribution in [3.05, 3.63) is 119 Å². The number of carbonyl (C=O) groups is 13. The maximum absolute atomic E-state index is 14.9. The Labute approximate surface area is 760 Å². The quantitative estimate of drug-likeness (QED) is 0.00634. The molecule has 708 valence electrons. The normalized spacial score (nSPS) is 20.8. The standard InChI is InChI=1S/C83H117N17O24S5/c1-6-99-64-28-26-53(128(115,116)117)42-55(64)82(2,3)66(99)23-12-8-13-24-67-83(4,5)56-43-54(129(118,119)120)27-29-65(56)100(67)34-17-9-14-25-69(102)87-30-16-15-21-58-76(110)97-62-49-126-127-50-63(98-78(112)60(44-73(106)107)93-70(103)45-91-74(108)57(94-79(62)113)22-18-31-90-81(85)86)80(114)95-59(41-52-19-10-7-11-20-52)77(111)96-61(48-125-51-72(105)92-58)75(109)89-33-36-122-38-40-123-39-37-121-35-32-88-71(104)47-124-46-68(84)101/h7-8,10-13,19-20,23-24,26-29,42-43,57-63H,6,9,14-18,21-22,25,30-41,44-51H2,1-5H3,(H19-,84,85,86,87,88,89,90,91,92,93,94,95,96,97,98,101,102,103,104,105,106,107,108,109,110,111,112,113,114,115,116,117,118,119,120)/t57-,58-,59-,60-,61-,62-,63-/m0/s1. The van der Waals surface area contributed by atoms with Gasteiger partial charge >= 0.3 is 5.97 Å². The van der Waals surface area contributed by atoms with Gasteiger partial charge in [-0.1, -0.05) is 90.4 Å². The van der Waals surface area contributed by atoms with Gasteiger partial charge in [-0.3, -0.25) is 72.3 Å². The van der Waals surface area contributed by atoms with Crippen LogP contribution in [0.5, 0.6) is 0 Å². The van der Waals surface area contributed by atoms with Crippen molar-refractivity contribution in [1.29, 1.82) is 5.41 Å². The zero-order chi connectivity index (χ0) is 94.4. The van der Waals surface area contributed by atoms with Gasteiger partial charge in [0.25, 0.3) is 10.1 Å². The number of nitrogens with zero attached hydrogens (tertiary/aromatic N) is 2. The number of unbranched alkanes of at least 4 members (excludes halogenated alkanes) is 3. The van der Waals surface area contributed by atoms with Gasteiger partial charge < -0.3 is 109 Å². The Balaban J connectivity index is 1.06. The summed E-state index contributed by atoms with van der Waals surface area (Å²) in [5, 5.41) is 48.9. The number of aliphatic carboxylic acids is 1. The molecule has 129 heavy (non-hydrogen) atoms. The predicted octanol–water partition coefficient (Wildman–Crippen LogP) is -0.709. The molecule has 46 heteroatoms. The average molecular weight is 1900 g/mol. The lowest BCUT2D eigenvalue weighted by atomic mass is 9.81. The third-order valence-electron chi connectivity index (χ3n) is 20.8. The van der Waals surface area contributed by atoms with Crippen LogP contribution in [0.4, 0.5) is 11.4 Å². The zero-order valence-corrected chi connectivity index (χ0v) is 76.5. The molecule has 0 spiro atoms. The van der Waals surface area contributed by atoms with Gasteiger partial charge in [0.1, 0.15) is 72.2 Å². The van der Waals surface area contributed by atoms with Crippen LogP contribution in [0, 0.1) is 5.41 Å². The van der Waals surface area contributed by atoms with E-state index in [2.05, 4.69) is 68.7 Å². The van der Waals surface area contributed by atoms with Gasteiger partial charge in [0.15, 0.2) is 11.7 Å². The SMILES string of the molecule is CC[N+]1=C(/C=C/C=C/C=C2/N(CCCCCC(=O)NCCCC[C@@H]3NC(=O)CSC[C@@H](C(=O)NCCOCCOCCOCCNC(=O)COCC(N)=O)NC(=O)[C@H](Cc4ccccc4)NC(=O)[C@@H]4CSSC[C@H](NC3=O)C(=O)N[C@@H](CCCNC(=N)N)C(=O)NCC(=O)N[C@@H](CC(=O)O)C(=O)N4)c3ccc(S(=O)(=O)O)cc3C2(C)C)C(C)(C)c2cc(S(=O)(=O)[O-])ccc21. The minimum atomic E-state index is -4.71. The van der Waals surface area contributed by atoms with Crippen molar-refractivity contribution in [3.63, 3.8) is 0 Å². The monoisotopic (exact) mass is 1900 g/mol. The van der Waals surface area contributed by atoms with Crippen molar-refractivity contribution in [2.45, 2.75) is 168 Å². The molecule has 7 atom stereocenters. The fraction of sp³-hybridized carbons (Fsp3) is 0.530. The Kier molecular flexibility index (Phi) is 42.8. The number of benzene rings is 3. The van der Waals surface area contributed by atoms with E-state index in [1.165, 1.54) is 24.3 Å². The molecule has 4 aliphatic rings. The highest BCUT2D eigenvalue weighted by molar-refractivity contribution is 8.76. The van der Waals surface area contributed by atoms with Gasteiger partial charge in [0.2, 0.25) is 76.6 Å². The molecule has 2 saturated heterocycles. The first-order chi connectivity index (χ1) is 61.3. The molecule has 0 aliphatic carbocycles. The van der Waals surface area contributed by atoms with Crippen LogP contribution >= 0.6 is 33.3 Å². The van der Waals surface area contributed by atoms with E-state index in [1.54, 1.807) is 42.5 Å². The summed E-state index contributed by atoms with van der Waals surface area (Å²) >= 11 is 0.875. The second-order valence-corrected chi connectivity index (χ2v) is 37.7. The third kappa shape index (κ3) is 34.7. The Morgan fingerprint density at radius 1 is 0.605 bits per heavy atom. The third-order valence-corrected chi connectivity index (χ3v) is 26.0. The fourth-order valence-electron chi connectivity index (χ4n) is 14.2. The number of carbonyl (C=O) groups excluding carboxylic acids is 12. The van der Waals surface area contributed by atoms with Gasteiger partial charge in [-0.2, -0.15) is 13.0 Å². The minimum Gasteiger partial charge on any atom is -0.744 e. The first kappa shape index (κ1) is 105. The highest BCUT2D eigenvalue weighted by Gasteiger charge is 2.45. The summed E-state index contributed by atoms with van der Waals surface area (Å²) in [6, 6.07) is 6.28. The molecule has 0 saturated carbocycles. The smallest absolute Gasteiger partial charge is 0.305 e. The molecule has 0 aromatic heterocycles. The van der Waals surface area contributed by atoms with E-state index in [9.17, 15) is 93.4 Å². The van der Waals surface area contributed by atoms with Crippen LogP contribution < -0.4 is 80.2 Å². The maximum Gasteiger partial charge on any atom is 0.305 e. The van der Waals surface area contributed by atoms with Crippen LogP contribution in [0.15, 0.2) is 113 Å². The number of primary amides is 1. The fourth-order valence-corrected chi connectivity index (χ4v) is 18.4. The van der Waals surface area contributed by atoms with Gasteiger partial charge in [0.05, 0.1) is 73.6 Å². The topological polar surface area (TPSA) is 617 Å². The van der Waals surface area contributed by atoms with Crippen molar-refractivity contribution < 1.29 is 117 Å². The number of ether oxygens (including phenoxy) is 4. The molecule has 19 N–H and O–H groups in total. The number of thioether (sulfide) groups is 1. The molecular formula is C83H117N17O24S5. The second-order valence-electron chi connectivity index (χ2n) is 31.3. The number of hydrogen-bond acceptors (Lipinski definition) is 27. The van der Waals surface area contributed by atoms with Gasteiger partial charge in [-0.25, -0.2) is 8.42 Å². The molecule has 12 amide bonds. The number of carboxylic acids is 1. The van der Waals surface area contributed by atoms with Crippen LogP contribution in [-0.4, -0.2) is 288 Å². The van der Waals surface area contributed by atoms with Crippen LogP contribution in [0.3, 0.4) is 0 Å². The second kappa shape index (κ2) is 52.3. The minimum absolute atomic E-state index is 0.0379. The van der Waals surface area contributed by atoms with E-state index in [1.807, 2.05) is 69.6 Å². The summed E-state index contributed by atoms with van der Waals surface area (Å²) in [6.07, 6.45) is 10.2. The summed E-state index contributed by atoms with van der Waals surface area (Å²) in [6.45, 7) is 9.94. The lowest BCUT2D eigenvalue weighted by molar-refractivity contribution is -0.433. The Morgan fingerprint density at radius 3 is 1.84 bits per heavy atom. The Bertz CT molecular complexity index is 4850. The molecule has 7 rings (SSSR count). The molecule has 41 nitrogen and oxygen atoms in total. The number of anilines is 1. The molecule has 0 radical (unpaired) electrons. The molecular weight excluding hydrogens is 1780 g/mol. The molecule has 2 bridgehead atoms. The van der Waals surface area contributed by atoms with Crippen molar-refractivity contribution in [2.24, 2.45) is 11.5 Å².